The van der Waals surface area contributed by atoms with Gasteiger partial charge >= 0.3 is 5.97 Å². The number of esters is 1. The lowest BCUT2D eigenvalue weighted by molar-refractivity contribution is -0.168. The molecule has 2 saturated carbocycles. The number of rotatable bonds is 8. The standard InChI is InChI=1S/C31H38ClF2N5O6/c1-30(29(43)44-3)12-17(40)4-5-19(30)28(42)39-11-8-18-20(32)6-7-23(45-15-21-26(27(33)34)37(2)36-35-21)25(18)22(39)14-38-16-31(9-10-31)13-24(38)41/h6-7,17,19,22,27,40H,4-5,8-16H2,1-3H3/t17-,19+,22-,30+/m1/s1. The van der Waals surface area contributed by atoms with Gasteiger partial charge in [0.05, 0.1) is 30.6 Å². The molecule has 1 saturated heterocycles. The molecule has 2 aliphatic carbocycles. The number of aromatic nitrogens is 3. The fraction of sp³-hybridized carbons (Fsp3) is 0.645. The van der Waals surface area contributed by atoms with E-state index in [0.717, 1.165) is 23.1 Å². The molecular formula is C31H38ClF2N5O6. The first-order valence-corrected chi connectivity index (χ1v) is 15.7. The van der Waals surface area contributed by atoms with Gasteiger partial charge in [-0.3, -0.25) is 14.4 Å². The van der Waals surface area contributed by atoms with Gasteiger partial charge in [-0.05, 0) is 68.6 Å². The molecule has 14 heteroatoms. The van der Waals surface area contributed by atoms with Gasteiger partial charge in [0, 0.05) is 43.7 Å². The van der Waals surface area contributed by atoms with Gasteiger partial charge in [-0.1, -0.05) is 16.8 Å². The molecule has 11 nitrogen and oxygen atoms in total. The van der Waals surface area contributed by atoms with Crippen LogP contribution in [-0.2, 0) is 39.2 Å². The van der Waals surface area contributed by atoms with Crippen molar-refractivity contribution in [2.75, 3.05) is 26.7 Å². The molecule has 1 N–H and O–H groups in total. The minimum atomic E-state index is -2.81. The van der Waals surface area contributed by atoms with E-state index in [0.29, 0.717) is 42.1 Å². The number of aliphatic hydroxyl groups is 1. The number of hydrogen-bond acceptors (Lipinski definition) is 8. The van der Waals surface area contributed by atoms with Crippen LogP contribution in [0.3, 0.4) is 0 Å². The van der Waals surface area contributed by atoms with E-state index in [1.54, 1.807) is 28.9 Å². The van der Waals surface area contributed by atoms with Crippen molar-refractivity contribution in [2.45, 2.75) is 77.0 Å². The number of likely N-dealkylation sites (tertiary alicyclic amines) is 1. The smallest absolute Gasteiger partial charge is 0.312 e. The Kier molecular flexibility index (Phi) is 8.30. The van der Waals surface area contributed by atoms with Gasteiger partial charge in [0.1, 0.15) is 23.7 Å². The van der Waals surface area contributed by atoms with Gasteiger partial charge in [0.25, 0.3) is 6.43 Å². The minimum Gasteiger partial charge on any atom is -0.487 e. The highest BCUT2D eigenvalue weighted by Gasteiger charge is 2.54. The van der Waals surface area contributed by atoms with E-state index in [2.05, 4.69) is 10.3 Å². The molecular weight excluding hydrogens is 612 g/mol. The Balaban J connectivity index is 1.38. The fourth-order valence-electron chi connectivity index (χ4n) is 7.62. The van der Waals surface area contributed by atoms with Gasteiger partial charge in [-0.15, -0.1) is 5.10 Å². The topological polar surface area (TPSA) is 127 Å². The van der Waals surface area contributed by atoms with E-state index in [-0.39, 0.29) is 61.2 Å². The molecule has 1 aromatic carbocycles. The zero-order valence-electron chi connectivity index (χ0n) is 25.6. The van der Waals surface area contributed by atoms with Crippen LogP contribution in [0.4, 0.5) is 8.78 Å². The molecule has 1 spiro atoms. The van der Waals surface area contributed by atoms with Crippen LogP contribution in [-0.4, -0.2) is 80.5 Å². The summed E-state index contributed by atoms with van der Waals surface area (Å²) in [6, 6.07) is 2.63. The van der Waals surface area contributed by atoms with Crippen LogP contribution in [0.25, 0.3) is 0 Å². The number of methoxy groups -OCH3 is 1. The molecule has 1 aromatic heterocycles. The van der Waals surface area contributed by atoms with Gasteiger partial charge < -0.3 is 24.4 Å². The summed E-state index contributed by atoms with van der Waals surface area (Å²) in [6.07, 6.45) is -0.0257. The molecule has 0 radical (unpaired) electrons. The molecule has 2 aromatic rings. The van der Waals surface area contributed by atoms with Crippen LogP contribution in [0.15, 0.2) is 12.1 Å². The van der Waals surface area contributed by atoms with Crippen LogP contribution >= 0.6 is 11.6 Å². The van der Waals surface area contributed by atoms with E-state index in [9.17, 15) is 28.3 Å². The Hall–Kier alpha value is -3.32. The van der Waals surface area contributed by atoms with Crippen LogP contribution in [0.1, 0.15) is 80.4 Å². The second kappa shape index (κ2) is 11.8. The van der Waals surface area contributed by atoms with Gasteiger partial charge in [0.2, 0.25) is 11.8 Å². The number of aliphatic hydroxyl groups excluding tert-OH is 1. The first-order valence-electron chi connectivity index (χ1n) is 15.3. The average molecular weight is 650 g/mol. The molecule has 45 heavy (non-hydrogen) atoms. The Morgan fingerprint density at radius 3 is 2.67 bits per heavy atom. The maximum atomic E-state index is 14.6. The monoisotopic (exact) mass is 649 g/mol. The predicted molar refractivity (Wildman–Crippen MR) is 156 cm³/mol. The molecule has 6 rings (SSSR count). The van der Waals surface area contributed by atoms with Crippen molar-refractivity contribution < 1.29 is 37.7 Å². The van der Waals surface area contributed by atoms with E-state index in [1.165, 1.54) is 14.2 Å². The number of amides is 2. The second-order valence-electron chi connectivity index (χ2n) is 13.2. The number of aryl methyl sites for hydroxylation is 1. The van der Waals surface area contributed by atoms with E-state index in [1.807, 2.05) is 0 Å². The highest BCUT2D eigenvalue weighted by molar-refractivity contribution is 6.31. The van der Waals surface area contributed by atoms with E-state index >= 15 is 0 Å². The summed E-state index contributed by atoms with van der Waals surface area (Å²) in [6.45, 7) is 2.42. The fourth-order valence-corrected chi connectivity index (χ4v) is 7.88. The van der Waals surface area contributed by atoms with E-state index in [4.69, 9.17) is 21.1 Å². The summed E-state index contributed by atoms with van der Waals surface area (Å²) in [4.78, 5) is 44.3. The third-order valence-electron chi connectivity index (χ3n) is 10.3. The minimum absolute atomic E-state index is 0.0119. The summed E-state index contributed by atoms with van der Waals surface area (Å²) in [7, 11) is 2.65. The maximum Gasteiger partial charge on any atom is 0.312 e. The molecule has 0 bridgehead atoms. The first-order chi connectivity index (χ1) is 21.4. The highest BCUT2D eigenvalue weighted by atomic mass is 35.5. The van der Waals surface area contributed by atoms with Gasteiger partial charge in [0.15, 0.2) is 0 Å². The van der Waals surface area contributed by atoms with Gasteiger partial charge in [-0.25, -0.2) is 13.5 Å². The molecule has 3 heterocycles. The highest BCUT2D eigenvalue weighted by Crippen LogP contribution is 2.54. The summed E-state index contributed by atoms with van der Waals surface area (Å²) < 4.78 is 39.8. The van der Waals surface area contributed by atoms with Gasteiger partial charge in [-0.2, -0.15) is 0 Å². The van der Waals surface area contributed by atoms with Crippen molar-refractivity contribution in [2.24, 2.45) is 23.8 Å². The Labute approximate surface area is 264 Å². The number of fused-ring (bicyclic) bond motifs is 1. The van der Waals surface area contributed by atoms with E-state index < -0.39 is 35.9 Å². The Bertz CT molecular complexity index is 1520. The zero-order chi connectivity index (χ0) is 32.3. The first kappa shape index (κ1) is 31.7. The number of halogens is 3. The number of benzene rings is 1. The SMILES string of the molecule is COC(=O)[C@@]1(C)C[C@H](O)CC[C@H]1C(=O)N1CCc2c(Cl)ccc(OCc3nnn(C)c3C(F)F)c2[C@H]1CN1CC2(CC2)CC1=O. The zero-order valence-corrected chi connectivity index (χ0v) is 26.4. The number of hydrogen-bond donors (Lipinski definition) is 1. The summed E-state index contributed by atoms with van der Waals surface area (Å²) >= 11 is 6.71. The van der Waals surface area contributed by atoms with Crippen LogP contribution < -0.4 is 4.74 Å². The molecule has 4 atom stereocenters. The number of carbonyl (C=O) groups is 3. The van der Waals surface area contributed by atoms with Crippen molar-refractivity contribution in [3.8, 4) is 5.75 Å². The molecule has 244 valence electrons. The maximum absolute atomic E-state index is 14.6. The third-order valence-corrected chi connectivity index (χ3v) is 10.6. The van der Waals surface area contributed by atoms with Crippen LogP contribution in [0, 0.1) is 16.7 Å². The summed E-state index contributed by atoms with van der Waals surface area (Å²) in [5.41, 5.74) is -0.288. The lowest BCUT2D eigenvalue weighted by Crippen LogP contribution is -2.54. The second-order valence-corrected chi connectivity index (χ2v) is 13.6. The Morgan fingerprint density at radius 1 is 1.24 bits per heavy atom. The number of carbonyl (C=O) groups excluding carboxylic acids is 3. The predicted octanol–water partition coefficient (Wildman–Crippen LogP) is 3.76. The number of ether oxygens (including phenoxy) is 2. The van der Waals surface area contributed by atoms with Crippen molar-refractivity contribution >= 4 is 29.4 Å². The van der Waals surface area contributed by atoms with Crippen molar-refractivity contribution in [3.63, 3.8) is 0 Å². The summed E-state index contributed by atoms with van der Waals surface area (Å²) in [5, 5.41) is 18.5. The average Bonchev–Trinajstić information content (AvgIpc) is 3.53. The van der Waals surface area contributed by atoms with Crippen LogP contribution in [0.2, 0.25) is 5.02 Å². The molecule has 2 amide bonds. The molecule has 0 unspecified atom stereocenters. The van der Waals surface area contributed by atoms with Crippen molar-refractivity contribution in [1.82, 2.24) is 24.8 Å². The lowest BCUT2D eigenvalue weighted by atomic mass is 9.65. The Morgan fingerprint density at radius 2 is 2.00 bits per heavy atom. The van der Waals surface area contributed by atoms with Crippen molar-refractivity contribution in [3.05, 3.63) is 39.7 Å². The number of nitrogens with zero attached hydrogens (tertiary/aromatic N) is 5. The normalized spacial score (nSPS) is 27.2. The molecule has 2 aliphatic heterocycles. The molecule has 3 fully saturated rings. The largest absolute Gasteiger partial charge is 0.487 e. The number of alkyl halides is 2. The molecule has 4 aliphatic rings. The van der Waals surface area contributed by atoms with Crippen molar-refractivity contribution in [1.29, 1.82) is 0 Å². The third kappa shape index (κ3) is 5.66. The summed E-state index contributed by atoms with van der Waals surface area (Å²) in [5.74, 6) is -1.26. The quantitative estimate of drug-likeness (QED) is 0.429. The lowest BCUT2D eigenvalue weighted by Gasteiger charge is -2.46. The van der Waals surface area contributed by atoms with Crippen LogP contribution in [0.5, 0.6) is 5.75 Å².